The van der Waals surface area contributed by atoms with Crippen molar-refractivity contribution in [3.8, 4) is 0 Å². The highest BCUT2D eigenvalue weighted by molar-refractivity contribution is 7.16. The van der Waals surface area contributed by atoms with Crippen LogP contribution >= 0.6 is 11.3 Å². The second-order valence-corrected chi connectivity index (χ2v) is 11.4. The number of amides is 2. The maximum Gasteiger partial charge on any atom is 0.277 e. The van der Waals surface area contributed by atoms with E-state index in [1.807, 2.05) is 61.5 Å². The summed E-state index contributed by atoms with van der Waals surface area (Å²) in [7, 11) is 0. The van der Waals surface area contributed by atoms with Crippen LogP contribution in [0.5, 0.6) is 0 Å². The summed E-state index contributed by atoms with van der Waals surface area (Å²) in [5, 5.41) is 3.69. The third-order valence-electron chi connectivity index (χ3n) is 7.16. The highest BCUT2D eigenvalue weighted by Gasteiger charge is 2.36. The fourth-order valence-corrected chi connectivity index (χ4v) is 6.42. The highest BCUT2D eigenvalue weighted by Crippen LogP contribution is 2.46. The first-order chi connectivity index (χ1) is 16.8. The molecule has 0 saturated carbocycles. The SMILES string of the molecule is CCN1C(=O)C(=Nc2sc3c(c2C(=O)Nc2ccccc2)CC[C@@H](C(C)(C)C)C3)c2ccccc21. The molecule has 1 aliphatic carbocycles. The molecule has 6 heteroatoms. The maximum atomic E-state index is 13.6. The number of nitrogens with zero attached hydrogens (tertiary/aromatic N) is 2. The molecule has 1 N–H and O–H groups in total. The van der Waals surface area contributed by atoms with Crippen LogP contribution in [0.15, 0.2) is 59.6 Å². The summed E-state index contributed by atoms with van der Waals surface area (Å²) < 4.78 is 0. The zero-order chi connectivity index (χ0) is 24.7. The number of anilines is 2. The Kier molecular flexibility index (Phi) is 6.09. The van der Waals surface area contributed by atoms with Crippen molar-refractivity contribution in [3.63, 3.8) is 0 Å². The molecule has 0 spiro atoms. The minimum Gasteiger partial charge on any atom is -0.322 e. The first-order valence-electron chi connectivity index (χ1n) is 12.3. The summed E-state index contributed by atoms with van der Waals surface area (Å²) in [6.07, 6.45) is 2.83. The number of fused-ring (bicyclic) bond motifs is 2. The molecule has 2 aromatic carbocycles. The van der Waals surface area contributed by atoms with Crippen LogP contribution in [0.25, 0.3) is 0 Å². The summed E-state index contributed by atoms with van der Waals surface area (Å²) in [6, 6.07) is 17.3. The van der Waals surface area contributed by atoms with Crippen LogP contribution in [0.4, 0.5) is 16.4 Å². The van der Waals surface area contributed by atoms with Gasteiger partial charge in [0.1, 0.15) is 10.7 Å². The summed E-state index contributed by atoms with van der Waals surface area (Å²) in [4.78, 5) is 34.8. The summed E-state index contributed by atoms with van der Waals surface area (Å²) in [5.41, 5.74) is 4.78. The van der Waals surface area contributed by atoms with E-state index < -0.39 is 0 Å². The minimum absolute atomic E-state index is 0.109. The average molecular weight is 486 g/mol. The number of thiophene rings is 1. The number of benzene rings is 2. The molecular formula is C29H31N3O2S. The van der Waals surface area contributed by atoms with Gasteiger partial charge < -0.3 is 10.2 Å². The van der Waals surface area contributed by atoms with Crippen molar-refractivity contribution < 1.29 is 9.59 Å². The molecule has 180 valence electrons. The van der Waals surface area contributed by atoms with Gasteiger partial charge in [-0.05, 0) is 61.3 Å². The number of carbonyl (C=O) groups excluding carboxylic acids is 2. The quantitative estimate of drug-likeness (QED) is 0.450. The van der Waals surface area contributed by atoms with E-state index in [4.69, 9.17) is 4.99 Å². The van der Waals surface area contributed by atoms with Gasteiger partial charge in [0.05, 0.1) is 11.3 Å². The van der Waals surface area contributed by atoms with Gasteiger partial charge in [-0.25, -0.2) is 4.99 Å². The topological polar surface area (TPSA) is 61.8 Å². The predicted molar refractivity (Wildman–Crippen MR) is 144 cm³/mol. The maximum absolute atomic E-state index is 13.6. The molecule has 2 heterocycles. The lowest BCUT2D eigenvalue weighted by atomic mass is 9.72. The lowest BCUT2D eigenvalue weighted by molar-refractivity contribution is -0.112. The Hall–Kier alpha value is -3.25. The molecule has 0 bridgehead atoms. The van der Waals surface area contributed by atoms with Crippen molar-refractivity contribution in [2.45, 2.75) is 47.0 Å². The molecule has 1 aliphatic heterocycles. The lowest BCUT2D eigenvalue weighted by Crippen LogP contribution is -2.29. The first-order valence-corrected chi connectivity index (χ1v) is 13.1. The van der Waals surface area contributed by atoms with Crippen LogP contribution in [0.3, 0.4) is 0 Å². The monoisotopic (exact) mass is 485 g/mol. The summed E-state index contributed by atoms with van der Waals surface area (Å²) in [6.45, 7) is 9.40. The first kappa shape index (κ1) is 23.5. The van der Waals surface area contributed by atoms with Crippen molar-refractivity contribution >= 4 is 45.2 Å². The van der Waals surface area contributed by atoms with Crippen LogP contribution < -0.4 is 10.2 Å². The second-order valence-electron chi connectivity index (χ2n) is 10.3. The van der Waals surface area contributed by atoms with Gasteiger partial charge in [-0.1, -0.05) is 57.2 Å². The van der Waals surface area contributed by atoms with Gasteiger partial charge in [0, 0.05) is 22.7 Å². The Morgan fingerprint density at radius 2 is 1.83 bits per heavy atom. The normalized spacial score (nSPS) is 18.5. The number of aliphatic imine (C=N–C) groups is 1. The molecule has 5 nitrogen and oxygen atoms in total. The number of likely N-dealkylation sites (N-methyl/N-ethyl adjacent to an activating group) is 1. The Balaban J connectivity index is 1.61. The van der Waals surface area contributed by atoms with Gasteiger partial charge in [0.2, 0.25) is 0 Å². The number of carbonyl (C=O) groups is 2. The predicted octanol–water partition coefficient (Wildman–Crippen LogP) is 6.64. The molecule has 0 saturated heterocycles. The van der Waals surface area contributed by atoms with E-state index >= 15 is 0 Å². The van der Waals surface area contributed by atoms with Crippen molar-refractivity contribution in [1.29, 1.82) is 0 Å². The molecule has 3 aromatic rings. The fourth-order valence-electron chi connectivity index (χ4n) is 5.12. The van der Waals surface area contributed by atoms with E-state index in [9.17, 15) is 9.59 Å². The number of nitrogens with one attached hydrogen (secondary N) is 1. The Bertz CT molecular complexity index is 1320. The second kappa shape index (κ2) is 9.08. The molecule has 0 fully saturated rings. The molecular weight excluding hydrogens is 454 g/mol. The molecule has 2 amide bonds. The summed E-state index contributed by atoms with van der Waals surface area (Å²) >= 11 is 1.57. The van der Waals surface area contributed by atoms with E-state index in [2.05, 4.69) is 26.1 Å². The van der Waals surface area contributed by atoms with Crippen LogP contribution in [0, 0.1) is 11.3 Å². The highest BCUT2D eigenvalue weighted by atomic mass is 32.1. The Morgan fingerprint density at radius 3 is 2.54 bits per heavy atom. The third kappa shape index (κ3) is 4.31. The van der Waals surface area contributed by atoms with E-state index in [0.29, 0.717) is 28.7 Å². The van der Waals surface area contributed by atoms with E-state index in [0.717, 1.165) is 41.8 Å². The third-order valence-corrected chi connectivity index (χ3v) is 8.31. The van der Waals surface area contributed by atoms with Crippen LogP contribution in [0.2, 0.25) is 0 Å². The molecule has 2 aliphatic rings. The van der Waals surface area contributed by atoms with E-state index in [1.165, 1.54) is 4.88 Å². The van der Waals surface area contributed by atoms with Crippen molar-refractivity contribution in [3.05, 3.63) is 76.2 Å². The number of para-hydroxylation sites is 2. The van der Waals surface area contributed by atoms with Gasteiger partial charge in [0.25, 0.3) is 11.8 Å². The van der Waals surface area contributed by atoms with Gasteiger partial charge in [-0.2, -0.15) is 0 Å². The van der Waals surface area contributed by atoms with Crippen LogP contribution in [-0.4, -0.2) is 24.1 Å². The number of hydrogen-bond acceptors (Lipinski definition) is 4. The van der Waals surface area contributed by atoms with Crippen molar-refractivity contribution in [1.82, 2.24) is 0 Å². The van der Waals surface area contributed by atoms with Gasteiger partial charge >= 0.3 is 0 Å². The van der Waals surface area contributed by atoms with E-state index in [-0.39, 0.29) is 17.2 Å². The van der Waals surface area contributed by atoms with Crippen LogP contribution in [0.1, 0.15) is 60.5 Å². The Labute approximate surface area is 210 Å². The molecule has 1 atom stereocenters. The number of hydrogen-bond donors (Lipinski definition) is 1. The standard InChI is InChI=1S/C29H31N3O2S/c1-5-32-22-14-10-9-13-20(22)25(28(32)34)31-27-24(26(33)30-19-11-7-6-8-12-19)21-16-15-18(29(2,3)4)17-23(21)35-27/h6-14,18H,5,15-17H2,1-4H3,(H,30,33)/t18-/m1/s1. The largest absolute Gasteiger partial charge is 0.322 e. The van der Waals surface area contributed by atoms with Crippen molar-refractivity contribution in [2.75, 3.05) is 16.8 Å². The fraction of sp³-hybridized carbons (Fsp3) is 0.345. The van der Waals surface area contributed by atoms with Crippen LogP contribution in [-0.2, 0) is 17.6 Å². The number of rotatable bonds is 4. The molecule has 5 rings (SSSR count). The lowest BCUT2D eigenvalue weighted by Gasteiger charge is -2.33. The molecule has 0 radical (unpaired) electrons. The van der Waals surface area contributed by atoms with Gasteiger partial charge in [-0.15, -0.1) is 11.3 Å². The molecule has 1 aromatic heterocycles. The van der Waals surface area contributed by atoms with E-state index in [1.54, 1.807) is 16.2 Å². The Morgan fingerprint density at radius 1 is 1.11 bits per heavy atom. The minimum atomic E-state index is -0.159. The summed E-state index contributed by atoms with van der Waals surface area (Å²) in [5.74, 6) is 0.277. The zero-order valence-corrected chi connectivity index (χ0v) is 21.5. The van der Waals surface area contributed by atoms with Gasteiger partial charge in [0.15, 0.2) is 0 Å². The molecule has 0 unspecified atom stereocenters. The van der Waals surface area contributed by atoms with Gasteiger partial charge in [-0.3, -0.25) is 9.59 Å². The average Bonchev–Trinajstić information content (AvgIpc) is 3.33. The molecule has 35 heavy (non-hydrogen) atoms. The van der Waals surface area contributed by atoms with Crippen molar-refractivity contribution in [2.24, 2.45) is 16.3 Å². The smallest absolute Gasteiger partial charge is 0.277 e. The zero-order valence-electron chi connectivity index (χ0n) is 20.7.